The number of sulfone groups is 1. The minimum Gasteiger partial charge on any atom is -0.385 e. The quantitative estimate of drug-likeness (QED) is 0.602. The third kappa shape index (κ3) is 5.84. The van der Waals surface area contributed by atoms with E-state index in [0.717, 1.165) is 19.6 Å². The highest BCUT2D eigenvalue weighted by Crippen LogP contribution is 2.48. The molecule has 1 aliphatic carbocycles. The van der Waals surface area contributed by atoms with E-state index in [-0.39, 0.29) is 5.75 Å². The molecule has 0 bridgehead atoms. The summed E-state index contributed by atoms with van der Waals surface area (Å²) in [5.41, 5.74) is 0.393. The van der Waals surface area contributed by atoms with E-state index in [4.69, 9.17) is 4.74 Å². The third-order valence-electron chi connectivity index (χ3n) is 3.40. The molecule has 1 rings (SSSR count). The maximum Gasteiger partial charge on any atom is 0.151 e. The van der Waals surface area contributed by atoms with Crippen LogP contribution in [-0.4, -0.2) is 46.7 Å². The maximum absolute atomic E-state index is 11.5. The summed E-state index contributed by atoms with van der Waals surface area (Å²) in [4.78, 5) is 0. The van der Waals surface area contributed by atoms with E-state index in [1.807, 2.05) is 6.92 Å². The first-order chi connectivity index (χ1) is 8.04. The summed E-state index contributed by atoms with van der Waals surface area (Å²) in [6.45, 7) is 4.21. The lowest BCUT2D eigenvalue weighted by Crippen LogP contribution is -2.30. The van der Waals surface area contributed by atoms with Crippen LogP contribution in [-0.2, 0) is 14.6 Å². The summed E-state index contributed by atoms with van der Waals surface area (Å²) in [6.07, 6.45) is 4.27. The monoisotopic (exact) mass is 263 g/mol. The number of nitrogens with one attached hydrogen (secondary N) is 1. The van der Waals surface area contributed by atoms with Crippen molar-refractivity contribution in [1.82, 2.24) is 5.32 Å². The molecule has 0 unspecified atom stereocenters. The van der Waals surface area contributed by atoms with Gasteiger partial charge in [0.2, 0.25) is 0 Å². The van der Waals surface area contributed by atoms with Crippen molar-refractivity contribution in [3.05, 3.63) is 0 Å². The molecule has 0 aromatic heterocycles. The van der Waals surface area contributed by atoms with Gasteiger partial charge in [-0.3, -0.25) is 0 Å². The van der Waals surface area contributed by atoms with Crippen LogP contribution in [0.3, 0.4) is 0 Å². The molecule has 1 aliphatic rings. The molecule has 0 atom stereocenters. The highest BCUT2D eigenvalue weighted by Gasteiger charge is 2.41. The van der Waals surface area contributed by atoms with Crippen LogP contribution >= 0.6 is 0 Å². The van der Waals surface area contributed by atoms with Gasteiger partial charge in [0.1, 0.15) is 0 Å². The van der Waals surface area contributed by atoms with Crippen molar-refractivity contribution < 1.29 is 13.2 Å². The molecule has 4 nitrogen and oxygen atoms in total. The van der Waals surface area contributed by atoms with E-state index >= 15 is 0 Å². The molecule has 17 heavy (non-hydrogen) atoms. The average molecular weight is 263 g/mol. The zero-order valence-electron chi connectivity index (χ0n) is 11.0. The lowest BCUT2D eigenvalue weighted by Gasteiger charge is -2.15. The largest absolute Gasteiger partial charge is 0.385 e. The van der Waals surface area contributed by atoms with Gasteiger partial charge in [-0.15, -0.1) is 0 Å². The molecule has 0 radical (unpaired) electrons. The third-order valence-corrected chi connectivity index (χ3v) is 5.25. The second kappa shape index (κ2) is 6.71. The molecule has 0 saturated heterocycles. The molecule has 5 heteroatoms. The molecule has 1 N–H and O–H groups in total. The molecule has 0 aliphatic heterocycles. The summed E-state index contributed by atoms with van der Waals surface area (Å²) in [7, 11) is -1.11. The minimum absolute atomic E-state index is 0.265. The Balaban J connectivity index is 2.12. The van der Waals surface area contributed by atoms with Gasteiger partial charge < -0.3 is 10.1 Å². The van der Waals surface area contributed by atoms with Crippen LogP contribution in [0, 0.1) is 5.41 Å². The van der Waals surface area contributed by atoms with Crippen molar-refractivity contribution in [3.63, 3.8) is 0 Å². The second-order valence-electron chi connectivity index (χ2n) is 5.07. The molecule has 0 heterocycles. The molecule has 1 saturated carbocycles. The van der Waals surface area contributed by atoms with Gasteiger partial charge in [-0.2, -0.15) is 0 Å². The Kier molecular flexibility index (Phi) is 5.89. The Morgan fingerprint density at radius 1 is 1.29 bits per heavy atom. The number of rotatable bonds is 10. The fourth-order valence-electron chi connectivity index (χ4n) is 2.00. The van der Waals surface area contributed by atoms with E-state index in [1.165, 1.54) is 12.8 Å². The van der Waals surface area contributed by atoms with Crippen molar-refractivity contribution in [2.24, 2.45) is 5.41 Å². The van der Waals surface area contributed by atoms with E-state index in [9.17, 15) is 8.42 Å². The standard InChI is InChI=1S/C12H25NO3S/c1-3-9-17(14,15)10-7-13-11-12(4-5-12)6-8-16-2/h13H,3-11H2,1-2H3. The highest BCUT2D eigenvalue weighted by atomic mass is 32.2. The van der Waals surface area contributed by atoms with Gasteiger partial charge in [-0.05, 0) is 31.1 Å². The summed E-state index contributed by atoms with van der Waals surface area (Å²) in [5, 5.41) is 3.28. The lowest BCUT2D eigenvalue weighted by molar-refractivity contribution is 0.171. The fourth-order valence-corrected chi connectivity index (χ4v) is 3.29. The molecule has 0 amide bonds. The zero-order valence-corrected chi connectivity index (χ0v) is 11.8. The molecule has 102 valence electrons. The zero-order chi connectivity index (χ0) is 12.8. The Labute approximate surface area is 105 Å². The molecule has 0 spiro atoms. The summed E-state index contributed by atoms with van der Waals surface area (Å²) < 4.78 is 28.1. The Morgan fingerprint density at radius 2 is 2.00 bits per heavy atom. The smallest absolute Gasteiger partial charge is 0.151 e. The number of hydrogen-bond acceptors (Lipinski definition) is 4. The number of ether oxygens (including phenoxy) is 1. The predicted molar refractivity (Wildman–Crippen MR) is 70.0 cm³/mol. The normalized spacial score (nSPS) is 18.2. The Morgan fingerprint density at radius 3 is 2.53 bits per heavy atom. The van der Waals surface area contributed by atoms with Crippen molar-refractivity contribution in [2.75, 3.05) is 38.3 Å². The van der Waals surface area contributed by atoms with Crippen LogP contribution < -0.4 is 5.32 Å². The van der Waals surface area contributed by atoms with Crippen molar-refractivity contribution in [2.45, 2.75) is 32.6 Å². The SMILES string of the molecule is CCCS(=O)(=O)CCNCC1(CCOC)CC1. The Hall–Kier alpha value is -0.130. The van der Waals surface area contributed by atoms with Gasteiger partial charge in [0.15, 0.2) is 9.84 Å². The van der Waals surface area contributed by atoms with Gasteiger partial charge in [-0.1, -0.05) is 6.92 Å². The molecule has 0 aromatic rings. The number of methoxy groups -OCH3 is 1. The first kappa shape index (κ1) is 14.9. The van der Waals surface area contributed by atoms with E-state index in [2.05, 4.69) is 5.32 Å². The van der Waals surface area contributed by atoms with E-state index < -0.39 is 9.84 Å². The first-order valence-corrected chi connectivity index (χ1v) is 8.26. The summed E-state index contributed by atoms with van der Waals surface area (Å²) in [6, 6.07) is 0. The average Bonchev–Trinajstić information content (AvgIpc) is 3.03. The van der Waals surface area contributed by atoms with Gasteiger partial charge in [0.25, 0.3) is 0 Å². The van der Waals surface area contributed by atoms with Crippen LogP contribution in [0.1, 0.15) is 32.6 Å². The predicted octanol–water partition coefficient (Wildman–Crippen LogP) is 1.22. The first-order valence-electron chi connectivity index (χ1n) is 6.44. The highest BCUT2D eigenvalue weighted by molar-refractivity contribution is 7.91. The van der Waals surface area contributed by atoms with Crippen LogP contribution in [0.25, 0.3) is 0 Å². The van der Waals surface area contributed by atoms with Crippen molar-refractivity contribution >= 4 is 9.84 Å². The minimum atomic E-state index is -2.83. The van der Waals surface area contributed by atoms with E-state index in [0.29, 0.717) is 24.1 Å². The lowest BCUT2D eigenvalue weighted by atomic mass is 10.0. The van der Waals surface area contributed by atoms with E-state index in [1.54, 1.807) is 7.11 Å². The topological polar surface area (TPSA) is 55.4 Å². The fraction of sp³-hybridized carbons (Fsp3) is 1.00. The molecule has 0 aromatic carbocycles. The molecular formula is C12H25NO3S. The van der Waals surface area contributed by atoms with Crippen LogP contribution in [0.2, 0.25) is 0 Å². The van der Waals surface area contributed by atoms with Crippen LogP contribution in [0.5, 0.6) is 0 Å². The van der Waals surface area contributed by atoms with Gasteiger partial charge in [0, 0.05) is 32.6 Å². The number of hydrogen-bond donors (Lipinski definition) is 1. The summed E-state index contributed by atoms with van der Waals surface area (Å²) in [5.74, 6) is 0.574. The van der Waals surface area contributed by atoms with Crippen molar-refractivity contribution in [1.29, 1.82) is 0 Å². The van der Waals surface area contributed by atoms with Crippen molar-refractivity contribution in [3.8, 4) is 0 Å². The van der Waals surface area contributed by atoms with Gasteiger partial charge >= 0.3 is 0 Å². The maximum atomic E-state index is 11.5. The summed E-state index contributed by atoms with van der Waals surface area (Å²) >= 11 is 0. The Bertz CT molecular complexity index is 310. The molecular weight excluding hydrogens is 238 g/mol. The second-order valence-corrected chi connectivity index (χ2v) is 7.38. The van der Waals surface area contributed by atoms with Crippen LogP contribution in [0.15, 0.2) is 0 Å². The molecule has 1 fully saturated rings. The van der Waals surface area contributed by atoms with Gasteiger partial charge in [0.05, 0.1) is 5.75 Å². The van der Waals surface area contributed by atoms with Crippen LogP contribution in [0.4, 0.5) is 0 Å². The van der Waals surface area contributed by atoms with Gasteiger partial charge in [-0.25, -0.2) is 8.42 Å².